The van der Waals surface area contributed by atoms with Crippen LogP contribution in [0.5, 0.6) is 5.75 Å². The zero-order chi connectivity index (χ0) is 13.0. The monoisotopic (exact) mass is 249 g/mol. The molecule has 2 rings (SSSR count). The van der Waals surface area contributed by atoms with Gasteiger partial charge in [-0.25, -0.2) is 4.79 Å². The third kappa shape index (κ3) is 2.92. The van der Waals surface area contributed by atoms with Gasteiger partial charge in [-0.3, -0.25) is 0 Å². The van der Waals surface area contributed by atoms with Crippen molar-refractivity contribution in [3.63, 3.8) is 0 Å². The molecular formula is C13H19N3O2. The largest absolute Gasteiger partial charge is 0.492 e. The average Bonchev–Trinajstić information content (AvgIpc) is 2.71. The average molecular weight is 249 g/mol. The van der Waals surface area contributed by atoms with Crippen molar-refractivity contribution in [2.24, 2.45) is 5.73 Å². The number of likely N-dealkylation sites (N-methyl/N-ethyl adjacent to an activating group) is 1. The molecule has 1 heterocycles. The quantitative estimate of drug-likeness (QED) is 0.843. The predicted octanol–water partition coefficient (Wildman–Crippen LogP) is 0.891. The Labute approximate surface area is 107 Å². The maximum Gasteiger partial charge on any atom is 0.319 e. The molecule has 0 atom stereocenters. The number of benzene rings is 1. The van der Waals surface area contributed by atoms with Gasteiger partial charge in [0.15, 0.2) is 0 Å². The van der Waals surface area contributed by atoms with Gasteiger partial charge in [0.2, 0.25) is 0 Å². The van der Waals surface area contributed by atoms with Crippen molar-refractivity contribution >= 4 is 6.03 Å². The topological polar surface area (TPSA) is 58.8 Å². The van der Waals surface area contributed by atoms with Gasteiger partial charge in [-0.15, -0.1) is 0 Å². The maximum atomic E-state index is 11.6. The van der Waals surface area contributed by atoms with E-state index in [1.807, 2.05) is 31.3 Å². The Morgan fingerprint density at radius 2 is 2.22 bits per heavy atom. The molecule has 5 nitrogen and oxygen atoms in total. The number of nitrogens with two attached hydrogens (primary N) is 1. The normalized spacial score (nSPS) is 15.3. The predicted molar refractivity (Wildman–Crippen MR) is 69.4 cm³/mol. The molecule has 18 heavy (non-hydrogen) atoms. The van der Waals surface area contributed by atoms with Crippen molar-refractivity contribution < 1.29 is 9.53 Å². The first kappa shape index (κ1) is 12.7. The minimum atomic E-state index is 0.0781. The molecule has 0 spiro atoms. The van der Waals surface area contributed by atoms with Crippen LogP contribution in [0, 0.1) is 0 Å². The van der Waals surface area contributed by atoms with Crippen molar-refractivity contribution in [3.05, 3.63) is 29.8 Å². The van der Waals surface area contributed by atoms with E-state index in [1.54, 1.807) is 9.80 Å². The Hall–Kier alpha value is -1.75. The summed E-state index contributed by atoms with van der Waals surface area (Å²) in [5.74, 6) is 0.804. The van der Waals surface area contributed by atoms with Crippen molar-refractivity contribution in [2.45, 2.75) is 6.54 Å². The van der Waals surface area contributed by atoms with E-state index in [2.05, 4.69) is 0 Å². The Morgan fingerprint density at radius 1 is 1.39 bits per heavy atom. The molecular weight excluding hydrogens is 230 g/mol. The fourth-order valence-corrected chi connectivity index (χ4v) is 1.95. The number of carbonyl (C=O) groups excluding carboxylic acids is 1. The van der Waals surface area contributed by atoms with Crippen LogP contribution >= 0.6 is 0 Å². The fourth-order valence-electron chi connectivity index (χ4n) is 1.95. The van der Waals surface area contributed by atoms with Crippen LogP contribution in [0.2, 0.25) is 0 Å². The number of hydrogen-bond donors (Lipinski definition) is 1. The summed E-state index contributed by atoms with van der Waals surface area (Å²) < 4.78 is 5.63. The van der Waals surface area contributed by atoms with E-state index < -0.39 is 0 Å². The summed E-state index contributed by atoms with van der Waals surface area (Å²) in [6.45, 7) is 3.21. The Bertz CT molecular complexity index is 422. The summed E-state index contributed by atoms with van der Waals surface area (Å²) in [6.07, 6.45) is 0. The minimum absolute atomic E-state index is 0.0781. The number of ether oxygens (including phenoxy) is 1. The highest BCUT2D eigenvalue weighted by Gasteiger charge is 2.24. The maximum absolute atomic E-state index is 11.6. The van der Waals surface area contributed by atoms with Gasteiger partial charge in [0.1, 0.15) is 12.4 Å². The van der Waals surface area contributed by atoms with Crippen LogP contribution in [-0.2, 0) is 6.54 Å². The summed E-state index contributed by atoms with van der Waals surface area (Å²) >= 11 is 0. The molecule has 1 aliphatic rings. The van der Waals surface area contributed by atoms with E-state index in [0.717, 1.165) is 24.4 Å². The van der Waals surface area contributed by atoms with E-state index in [-0.39, 0.29) is 6.03 Å². The van der Waals surface area contributed by atoms with Crippen molar-refractivity contribution in [1.29, 1.82) is 0 Å². The van der Waals surface area contributed by atoms with Gasteiger partial charge in [0.05, 0.1) is 6.54 Å². The number of hydrogen-bond acceptors (Lipinski definition) is 3. The molecule has 0 radical (unpaired) electrons. The molecule has 0 aliphatic carbocycles. The molecule has 0 saturated carbocycles. The SMILES string of the molecule is CN1CCN(CCOc2cccc(CN)c2)C1=O. The van der Waals surface area contributed by atoms with Crippen molar-refractivity contribution in [2.75, 3.05) is 33.3 Å². The Balaban J connectivity index is 1.80. The van der Waals surface area contributed by atoms with Crippen molar-refractivity contribution in [1.82, 2.24) is 9.80 Å². The van der Waals surface area contributed by atoms with Gasteiger partial charge in [0.25, 0.3) is 0 Å². The Morgan fingerprint density at radius 3 is 2.89 bits per heavy atom. The van der Waals surface area contributed by atoms with Gasteiger partial charge in [-0.1, -0.05) is 12.1 Å². The van der Waals surface area contributed by atoms with Gasteiger partial charge in [0, 0.05) is 26.7 Å². The first-order valence-corrected chi connectivity index (χ1v) is 6.12. The summed E-state index contributed by atoms with van der Waals surface area (Å²) in [6, 6.07) is 7.79. The molecule has 0 unspecified atom stereocenters. The lowest BCUT2D eigenvalue weighted by Gasteiger charge is -2.16. The fraction of sp³-hybridized carbons (Fsp3) is 0.462. The van der Waals surface area contributed by atoms with E-state index in [9.17, 15) is 4.79 Å². The molecule has 2 N–H and O–H groups in total. The number of urea groups is 1. The molecule has 1 saturated heterocycles. The van der Waals surface area contributed by atoms with Crippen LogP contribution in [0.3, 0.4) is 0 Å². The zero-order valence-corrected chi connectivity index (χ0v) is 10.6. The van der Waals surface area contributed by atoms with Gasteiger partial charge in [-0.05, 0) is 17.7 Å². The molecule has 1 aliphatic heterocycles. The molecule has 1 aromatic rings. The second kappa shape index (κ2) is 5.73. The highest BCUT2D eigenvalue weighted by molar-refractivity contribution is 5.76. The molecule has 98 valence electrons. The lowest BCUT2D eigenvalue weighted by atomic mass is 10.2. The zero-order valence-electron chi connectivity index (χ0n) is 10.6. The highest BCUT2D eigenvalue weighted by atomic mass is 16.5. The molecule has 1 aromatic carbocycles. The third-order valence-corrected chi connectivity index (χ3v) is 3.07. The molecule has 2 amide bonds. The van der Waals surface area contributed by atoms with Gasteiger partial charge in [-0.2, -0.15) is 0 Å². The second-order valence-corrected chi connectivity index (χ2v) is 4.39. The summed E-state index contributed by atoms with van der Waals surface area (Å²) in [5, 5.41) is 0. The van der Waals surface area contributed by atoms with E-state index >= 15 is 0 Å². The molecule has 0 bridgehead atoms. The van der Waals surface area contributed by atoms with Crippen LogP contribution in [-0.4, -0.2) is 49.1 Å². The highest BCUT2D eigenvalue weighted by Crippen LogP contribution is 2.13. The summed E-state index contributed by atoms with van der Waals surface area (Å²) in [7, 11) is 1.81. The van der Waals surface area contributed by atoms with Gasteiger partial charge >= 0.3 is 6.03 Å². The van der Waals surface area contributed by atoms with Crippen LogP contribution in [0.15, 0.2) is 24.3 Å². The van der Waals surface area contributed by atoms with Crippen LogP contribution in [0.1, 0.15) is 5.56 Å². The molecule has 1 fully saturated rings. The van der Waals surface area contributed by atoms with E-state index in [4.69, 9.17) is 10.5 Å². The first-order chi connectivity index (χ1) is 8.70. The Kier molecular flexibility index (Phi) is 4.04. The lowest BCUT2D eigenvalue weighted by molar-refractivity contribution is 0.188. The third-order valence-electron chi connectivity index (χ3n) is 3.07. The van der Waals surface area contributed by atoms with Crippen LogP contribution in [0.4, 0.5) is 4.79 Å². The first-order valence-electron chi connectivity index (χ1n) is 6.12. The number of rotatable bonds is 5. The van der Waals surface area contributed by atoms with Gasteiger partial charge < -0.3 is 20.3 Å². The molecule has 0 aromatic heterocycles. The van der Waals surface area contributed by atoms with Crippen molar-refractivity contribution in [3.8, 4) is 5.75 Å². The number of amides is 2. The minimum Gasteiger partial charge on any atom is -0.492 e. The lowest BCUT2D eigenvalue weighted by Crippen LogP contribution is -2.32. The van der Waals surface area contributed by atoms with Crippen LogP contribution < -0.4 is 10.5 Å². The number of carbonyl (C=O) groups is 1. The van der Waals surface area contributed by atoms with E-state index in [1.165, 1.54) is 0 Å². The standard InChI is InChI=1S/C13H19N3O2/c1-15-5-6-16(13(15)17)7-8-18-12-4-2-3-11(9-12)10-14/h2-4,9H,5-8,10,14H2,1H3. The molecule has 5 heteroatoms. The summed E-state index contributed by atoms with van der Waals surface area (Å²) in [4.78, 5) is 15.1. The van der Waals surface area contributed by atoms with E-state index in [0.29, 0.717) is 19.7 Å². The smallest absolute Gasteiger partial charge is 0.319 e. The number of nitrogens with zero attached hydrogens (tertiary/aromatic N) is 2. The summed E-state index contributed by atoms with van der Waals surface area (Å²) in [5.41, 5.74) is 6.61. The van der Waals surface area contributed by atoms with Crippen LogP contribution in [0.25, 0.3) is 0 Å². The second-order valence-electron chi connectivity index (χ2n) is 4.39.